The van der Waals surface area contributed by atoms with Crippen LogP contribution in [0.5, 0.6) is 0 Å². The van der Waals surface area contributed by atoms with Gasteiger partial charge in [0.15, 0.2) is 0 Å². The van der Waals surface area contributed by atoms with Crippen LogP contribution in [0.4, 0.5) is 0 Å². The summed E-state index contributed by atoms with van der Waals surface area (Å²) in [7, 11) is 0. The van der Waals surface area contributed by atoms with Crippen LogP contribution in [-0.4, -0.2) is 39.7 Å². The minimum Gasteiger partial charge on any atom is -0.379 e. The van der Waals surface area contributed by atoms with E-state index in [0.29, 0.717) is 25.3 Å². The summed E-state index contributed by atoms with van der Waals surface area (Å²) in [5.41, 5.74) is 1.69. The van der Waals surface area contributed by atoms with Crippen LogP contribution >= 0.6 is 0 Å². The first-order chi connectivity index (χ1) is 13.0. The van der Waals surface area contributed by atoms with Gasteiger partial charge in [0, 0.05) is 30.3 Å². The van der Waals surface area contributed by atoms with Crippen molar-refractivity contribution in [3.05, 3.63) is 63.5 Å². The van der Waals surface area contributed by atoms with Gasteiger partial charge in [-0.2, -0.15) is 0 Å². The van der Waals surface area contributed by atoms with Crippen LogP contribution in [-0.2, 0) is 11.2 Å². The number of hydrogen-bond acceptors (Lipinski definition) is 6. The van der Waals surface area contributed by atoms with E-state index in [1.807, 2.05) is 19.1 Å². The number of nitrogens with zero attached hydrogens (tertiary/aromatic N) is 3. The Bertz CT molecular complexity index is 1060. The molecule has 2 atom stereocenters. The van der Waals surface area contributed by atoms with E-state index in [9.17, 15) is 9.59 Å². The second-order valence-electron chi connectivity index (χ2n) is 6.85. The molecule has 4 rings (SSSR count). The van der Waals surface area contributed by atoms with Crippen molar-refractivity contribution in [3.8, 4) is 0 Å². The molecule has 0 spiro atoms. The number of ether oxygens (including phenoxy) is 1. The molecule has 8 heteroatoms. The van der Waals surface area contributed by atoms with Crippen LogP contribution in [0.15, 0.2) is 39.8 Å². The fraction of sp³-hybridized carbons (Fsp3) is 0.368. The lowest BCUT2D eigenvalue weighted by atomic mass is 9.98. The number of amides is 1. The molecule has 0 unspecified atom stereocenters. The van der Waals surface area contributed by atoms with E-state index in [4.69, 9.17) is 9.26 Å². The van der Waals surface area contributed by atoms with Gasteiger partial charge in [-0.25, -0.2) is 4.98 Å². The summed E-state index contributed by atoms with van der Waals surface area (Å²) in [4.78, 5) is 29.7. The van der Waals surface area contributed by atoms with Crippen LogP contribution in [0.2, 0.25) is 0 Å². The van der Waals surface area contributed by atoms with Crippen molar-refractivity contribution >= 4 is 11.6 Å². The molecule has 140 valence electrons. The molecule has 1 aliphatic heterocycles. The minimum atomic E-state index is -0.445. The van der Waals surface area contributed by atoms with E-state index in [0.717, 1.165) is 17.1 Å². The second kappa shape index (κ2) is 6.96. The maximum Gasteiger partial charge on any atom is 0.270 e. The molecule has 8 nitrogen and oxygen atoms in total. The standard InChI is InChI=1S/C19H20N4O4/c1-11-6-14(27-22-11)7-13-9-26-10-16(13)21-18(24)15-8-20-17-5-3-4-12(2)23(17)19(15)25/h3-6,8,13,16H,7,9-10H2,1-2H3,(H,21,24)/t13-,16+/m0/s1. The topological polar surface area (TPSA) is 98.7 Å². The van der Waals surface area contributed by atoms with Crippen LogP contribution in [0, 0.1) is 19.8 Å². The second-order valence-corrected chi connectivity index (χ2v) is 6.85. The van der Waals surface area contributed by atoms with Crippen molar-refractivity contribution in [2.24, 2.45) is 5.92 Å². The first-order valence-electron chi connectivity index (χ1n) is 8.81. The van der Waals surface area contributed by atoms with Crippen molar-refractivity contribution in [1.29, 1.82) is 0 Å². The summed E-state index contributed by atoms with van der Waals surface area (Å²) in [6.45, 7) is 4.57. The lowest BCUT2D eigenvalue weighted by Gasteiger charge is -2.18. The third kappa shape index (κ3) is 3.35. The number of carbonyl (C=O) groups excluding carboxylic acids is 1. The van der Waals surface area contributed by atoms with Gasteiger partial charge < -0.3 is 14.6 Å². The maximum absolute atomic E-state index is 12.7. The molecule has 1 aliphatic rings. The number of pyridine rings is 1. The minimum absolute atomic E-state index is 0.0166. The Hall–Kier alpha value is -3.00. The van der Waals surface area contributed by atoms with E-state index in [1.54, 1.807) is 19.1 Å². The number of nitrogens with one attached hydrogen (secondary N) is 1. The zero-order valence-electron chi connectivity index (χ0n) is 15.1. The molecule has 1 N–H and O–H groups in total. The van der Waals surface area contributed by atoms with Crippen LogP contribution in [0.3, 0.4) is 0 Å². The lowest BCUT2D eigenvalue weighted by Crippen LogP contribution is -2.43. The average molecular weight is 368 g/mol. The van der Waals surface area contributed by atoms with E-state index in [1.165, 1.54) is 10.6 Å². The van der Waals surface area contributed by atoms with Gasteiger partial charge in [-0.1, -0.05) is 11.2 Å². The third-order valence-electron chi connectivity index (χ3n) is 4.82. The zero-order chi connectivity index (χ0) is 19.0. The molecule has 1 saturated heterocycles. The third-order valence-corrected chi connectivity index (χ3v) is 4.82. The number of hydrogen-bond donors (Lipinski definition) is 1. The summed E-state index contributed by atoms with van der Waals surface area (Å²) in [6.07, 6.45) is 1.94. The summed E-state index contributed by atoms with van der Waals surface area (Å²) in [6, 6.07) is 7.02. The first-order valence-corrected chi connectivity index (χ1v) is 8.81. The molecule has 1 amide bonds. The van der Waals surface area contributed by atoms with E-state index in [-0.39, 0.29) is 23.1 Å². The Labute approximate surface area is 155 Å². The van der Waals surface area contributed by atoms with Crippen molar-refractivity contribution in [2.75, 3.05) is 13.2 Å². The number of aromatic nitrogens is 3. The van der Waals surface area contributed by atoms with Gasteiger partial charge in [-0.15, -0.1) is 0 Å². The normalized spacial score (nSPS) is 19.5. The SMILES string of the molecule is Cc1cc(C[C@H]2COC[C@H]2NC(=O)c2cnc3cccc(C)n3c2=O)on1. The van der Waals surface area contributed by atoms with Crippen LogP contribution in [0.25, 0.3) is 5.65 Å². The molecule has 0 radical (unpaired) electrons. The fourth-order valence-electron chi connectivity index (χ4n) is 3.41. The van der Waals surface area contributed by atoms with Crippen molar-refractivity contribution in [1.82, 2.24) is 19.9 Å². The highest BCUT2D eigenvalue weighted by Crippen LogP contribution is 2.20. The quantitative estimate of drug-likeness (QED) is 0.745. The van der Waals surface area contributed by atoms with Gasteiger partial charge in [0.2, 0.25) is 0 Å². The predicted molar refractivity (Wildman–Crippen MR) is 96.7 cm³/mol. The zero-order valence-corrected chi connectivity index (χ0v) is 15.1. The van der Waals surface area contributed by atoms with Gasteiger partial charge in [-0.05, 0) is 26.0 Å². The molecule has 27 heavy (non-hydrogen) atoms. The summed E-state index contributed by atoms with van der Waals surface area (Å²) < 4.78 is 12.2. The van der Waals surface area contributed by atoms with Crippen molar-refractivity contribution in [3.63, 3.8) is 0 Å². The number of carbonyl (C=O) groups is 1. The Balaban J connectivity index is 1.55. The van der Waals surface area contributed by atoms with Crippen molar-refractivity contribution in [2.45, 2.75) is 26.3 Å². The highest BCUT2D eigenvalue weighted by atomic mass is 16.5. The van der Waals surface area contributed by atoms with Crippen LogP contribution in [0.1, 0.15) is 27.5 Å². The first kappa shape index (κ1) is 17.4. The number of rotatable bonds is 4. The average Bonchev–Trinajstić information content (AvgIpc) is 3.24. The molecular formula is C19H20N4O4. The molecule has 3 aromatic rings. The number of aryl methyl sites for hydroxylation is 2. The Morgan fingerprint density at radius 1 is 1.33 bits per heavy atom. The highest BCUT2D eigenvalue weighted by molar-refractivity contribution is 5.94. The van der Waals surface area contributed by atoms with Gasteiger partial charge in [0.25, 0.3) is 11.5 Å². The fourth-order valence-corrected chi connectivity index (χ4v) is 3.41. The lowest BCUT2D eigenvalue weighted by molar-refractivity contribution is 0.0922. The molecular weight excluding hydrogens is 348 g/mol. The Morgan fingerprint density at radius 3 is 2.96 bits per heavy atom. The molecule has 0 aromatic carbocycles. The molecule has 0 aliphatic carbocycles. The van der Waals surface area contributed by atoms with Crippen molar-refractivity contribution < 1.29 is 14.1 Å². The van der Waals surface area contributed by atoms with Gasteiger partial charge in [-0.3, -0.25) is 14.0 Å². The molecule has 1 fully saturated rings. The van der Waals surface area contributed by atoms with E-state index >= 15 is 0 Å². The predicted octanol–water partition coefficient (Wildman–Crippen LogP) is 1.29. The summed E-state index contributed by atoms with van der Waals surface area (Å²) in [5, 5.41) is 6.80. The smallest absolute Gasteiger partial charge is 0.270 e. The Kier molecular flexibility index (Phi) is 4.49. The molecule has 4 heterocycles. The largest absolute Gasteiger partial charge is 0.379 e. The summed E-state index contributed by atoms with van der Waals surface area (Å²) >= 11 is 0. The summed E-state index contributed by atoms with van der Waals surface area (Å²) in [5.74, 6) is 0.365. The van der Waals surface area contributed by atoms with Gasteiger partial charge in [0.1, 0.15) is 17.0 Å². The van der Waals surface area contributed by atoms with E-state index < -0.39 is 5.91 Å². The molecule has 0 saturated carbocycles. The molecule has 0 bridgehead atoms. The van der Waals surface area contributed by atoms with Gasteiger partial charge >= 0.3 is 0 Å². The van der Waals surface area contributed by atoms with E-state index in [2.05, 4.69) is 15.5 Å². The number of fused-ring (bicyclic) bond motifs is 1. The van der Waals surface area contributed by atoms with Crippen LogP contribution < -0.4 is 10.9 Å². The van der Waals surface area contributed by atoms with Gasteiger partial charge in [0.05, 0.1) is 24.9 Å². The Morgan fingerprint density at radius 2 is 2.19 bits per heavy atom. The monoisotopic (exact) mass is 368 g/mol. The molecule has 3 aromatic heterocycles. The maximum atomic E-state index is 12.7. The highest BCUT2D eigenvalue weighted by Gasteiger charge is 2.31.